The van der Waals surface area contributed by atoms with Gasteiger partial charge >= 0.3 is 5.88 Å². The van der Waals surface area contributed by atoms with Crippen LogP contribution in [0.4, 0.5) is 5.88 Å². The summed E-state index contributed by atoms with van der Waals surface area (Å²) in [4.78, 5) is 22.9. The molecular weight excluding hydrogens is 292 g/mol. The second-order valence-corrected chi connectivity index (χ2v) is 5.24. The number of benzene rings is 1. The van der Waals surface area contributed by atoms with E-state index >= 15 is 0 Å². The van der Waals surface area contributed by atoms with Crippen LogP contribution < -0.4 is 5.32 Å². The van der Waals surface area contributed by atoms with Crippen LogP contribution in [0.3, 0.4) is 0 Å². The summed E-state index contributed by atoms with van der Waals surface area (Å²) >= 11 is 1.64. The molecule has 7 heteroatoms. The number of nitrogens with zero attached hydrogens (tertiary/aromatic N) is 1. The van der Waals surface area contributed by atoms with Crippen LogP contribution in [0, 0.1) is 10.1 Å². The molecule has 0 aliphatic carbocycles. The number of thioether (sulfide) groups is 1. The molecule has 6 nitrogen and oxygen atoms in total. The first-order valence-electron chi connectivity index (χ1n) is 6.20. The molecule has 1 heterocycles. The fourth-order valence-electron chi connectivity index (χ4n) is 1.79. The number of carbonyl (C=O) groups excluding carboxylic acids is 1. The number of hydrogen-bond acceptors (Lipinski definition) is 5. The lowest BCUT2D eigenvalue weighted by atomic mass is 10.1. The van der Waals surface area contributed by atoms with Crippen molar-refractivity contribution in [2.75, 3.05) is 6.26 Å². The Labute approximate surface area is 125 Å². The summed E-state index contributed by atoms with van der Waals surface area (Å²) in [5, 5.41) is 13.3. The van der Waals surface area contributed by atoms with Gasteiger partial charge in [-0.25, -0.2) is 0 Å². The maximum atomic E-state index is 12.0. The third-order valence-electron chi connectivity index (χ3n) is 2.96. The molecule has 1 aromatic carbocycles. The van der Waals surface area contributed by atoms with Crippen LogP contribution in [0.5, 0.6) is 0 Å². The maximum absolute atomic E-state index is 12.0. The molecule has 0 saturated carbocycles. The van der Waals surface area contributed by atoms with Crippen molar-refractivity contribution < 1.29 is 14.1 Å². The van der Waals surface area contributed by atoms with E-state index in [1.165, 1.54) is 6.07 Å². The highest BCUT2D eigenvalue weighted by molar-refractivity contribution is 7.98. The summed E-state index contributed by atoms with van der Waals surface area (Å²) in [5.41, 5.74) is 0.946. The summed E-state index contributed by atoms with van der Waals surface area (Å²) in [7, 11) is 0. The van der Waals surface area contributed by atoms with Crippen molar-refractivity contribution >= 4 is 23.6 Å². The van der Waals surface area contributed by atoms with E-state index in [1.807, 2.05) is 37.4 Å². The largest absolute Gasteiger partial charge is 0.433 e. The number of amides is 1. The molecule has 0 saturated heterocycles. The van der Waals surface area contributed by atoms with Crippen LogP contribution in [-0.2, 0) is 0 Å². The zero-order valence-corrected chi connectivity index (χ0v) is 12.3. The minimum absolute atomic E-state index is 0.0747. The van der Waals surface area contributed by atoms with E-state index in [2.05, 4.69) is 5.32 Å². The molecule has 1 aromatic heterocycles. The van der Waals surface area contributed by atoms with Gasteiger partial charge in [-0.3, -0.25) is 14.9 Å². The summed E-state index contributed by atoms with van der Waals surface area (Å²) in [5.74, 6) is -1.00. The van der Waals surface area contributed by atoms with Crippen molar-refractivity contribution in [1.82, 2.24) is 5.32 Å². The van der Waals surface area contributed by atoms with Crippen molar-refractivity contribution in [3.8, 4) is 0 Å². The SMILES string of the molecule is CSc1ccc([C@H](C)NC(=O)c2ccc([N+](=O)[O-])o2)cc1. The highest BCUT2D eigenvalue weighted by Gasteiger charge is 2.19. The fraction of sp³-hybridized carbons (Fsp3) is 0.214. The van der Waals surface area contributed by atoms with Gasteiger partial charge in [0, 0.05) is 4.90 Å². The van der Waals surface area contributed by atoms with Crippen LogP contribution in [0.2, 0.25) is 0 Å². The van der Waals surface area contributed by atoms with E-state index in [0.717, 1.165) is 16.5 Å². The van der Waals surface area contributed by atoms with E-state index in [1.54, 1.807) is 11.8 Å². The molecule has 0 unspecified atom stereocenters. The molecule has 0 fully saturated rings. The topological polar surface area (TPSA) is 85.4 Å². The van der Waals surface area contributed by atoms with Gasteiger partial charge in [0.1, 0.15) is 4.92 Å². The minimum Gasteiger partial charge on any atom is -0.395 e. The molecule has 110 valence electrons. The van der Waals surface area contributed by atoms with Crippen molar-refractivity contribution in [2.45, 2.75) is 17.9 Å². The lowest BCUT2D eigenvalue weighted by molar-refractivity contribution is -0.402. The van der Waals surface area contributed by atoms with E-state index in [0.29, 0.717) is 0 Å². The monoisotopic (exact) mass is 306 g/mol. The Hall–Kier alpha value is -2.28. The number of hydrogen-bond donors (Lipinski definition) is 1. The van der Waals surface area contributed by atoms with Crippen LogP contribution >= 0.6 is 11.8 Å². The Morgan fingerprint density at radius 2 is 1.95 bits per heavy atom. The van der Waals surface area contributed by atoms with Gasteiger partial charge in [0.05, 0.1) is 12.1 Å². The van der Waals surface area contributed by atoms with Gasteiger partial charge in [0.25, 0.3) is 5.91 Å². The summed E-state index contributed by atoms with van der Waals surface area (Å²) in [6.07, 6.45) is 1.99. The summed E-state index contributed by atoms with van der Waals surface area (Å²) in [6, 6.07) is 10.0. The number of carbonyl (C=O) groups is 1. The smallest absolute Gasteiger partial charge is 0.395 e. The average molecular weight is 306 g/mol. The Morgan fingerprint density at radius 1 is 1.29 bits per heavy atom. The maximum Gasteiger partial charge on any atom is 0.433 e. The van der Waals surface area contributed by atoms with E-state index in [-0.39, 0.29) is 11.8 Å². The van der Waals surface area contributed by atoms with Crippen LogP contribution in [0.1, 0.15) is 29.1 Å². The summed E-state index contributed by atoms with van der Waals surface area (Å²) in [6.45, 7) is 1.84. The van der Waals surface area contributed by atoms with Gasteiger partial charge in [-0.15, -0.1) is 11.8 Å². The lowest BCUT2D eigenvalue weighted by Gasteiger charge is -2.13. The normalized spacial score (nSPS) is 11.9. The molecule has 0 radical (unpaired) electrons. The van der Waals surface area contributed by atoms with Crippen molar-refractivity contribution in [3.63, 3.8) is 0 Å². The second kappa shape index (κ2) is 6.45. The standard InChI is InChI=1S/C14H14N2O4S/c1-9(10-3-5-11(21-2)6-4-10)15-14(17)12-7-8-13(20-12)16(18)19/h3-9H,1-2H3,(H,15,17)/t9-/m0/s1. The quantitative estimate of drug-likeness (QED) is 0.520. The van der Waals surface area contributed by atoms with Crippen LogP contribution in [0.25, 0.3) is 0 Å². The van der Waals surface area contributed by atoms with Crippen LogP contribution in [-0.4, -0.2) is 17.1 Å². The molecule has 21 heavy (non-hydrogen) atoms. The second-order valence-electron chi connectivity index (χ2n) is 4.36. The Kier molecular flexibility index (Phi) is 4.64. The average Bonchev–Trinajstić information content (AvgIpc) is 2.97. The molecule has 0 spiro atoms. The third-order valence-corrected chi connectivity index (χ3v) is 3.70. The zero-order chi connectivity index (χ0) is 15.4. The predicted molar refractivity (Wildman–Crippen MR) is 79.5 cm³/mol. The van der Waals surface area contributed by atoms with Gasteiger partial charge in [-0.05, 0) is 36.9 Å². The first-order chi connectivity index (χ1) is 10.0. The van der Waals surface area contributed by atoms with Gasteiger partial charge in [-0.2, -0.15) is 0 Å². The third kappa shape index (κ3) is 3.63. The molecule has 0 bridgehead atoms. The van der Waals surface area contributed by atoms with Crippen LogP contribution in [0.15, 0.2) is 45.7 Å². The van der Waals surface area contributed by atoms with E-state index in [4.69, 9.17) is 4.42 Å². The van der Waals surface area contributed by atoms with Crippen molar-refractivity contribution in [3.05, 3.63) is 57.8 Å². The fourth-order valence-corrected chi connectivity index (χ4v) is 2.20. The lowest BCUT2D eigenvalue weighted by Crippen LogP contribution is -2.26. The molecule has 1 amide bonds. The zero-order valence-electron chi connectivity index (χ0n) is 11.5. The first-order valence-corrected chi connectivity index (χ1v) is 7.42. The predicted octanol–water partition coefficient (Wildman–Crippen LogP) is 3.40. The van der Waals surface area contributed by atoms with Gasteiger partial charge in [0.15, 0.2) is 5.76 Å². The van der Waals surface area contributed by atoms with Crippen molar-refractivity contribution in [1.29, 1.82) is 0 Å². The molecule has 1 N–H and O–H groups in total. The molecule has 0 aliphatic rings. The molecule has 2 aromatic rings. The van der Waals surface area contributed by atoms with Gasteiger partial charge in [0.2, 0.25) is 0 Å². The van der Waals surface area contributed by atoms with Gasteiger partial charge < -0.3 is 9.73 Å². The molecular formula is C14H14N2O4S. The number of nitro groups is 1. The first kappa shape index (κ1) is 15.1. The number of nitrogens with one attached hydrogen (secondary N) is 1. The Morgan fingerprint density at radius 3 is 2.48 bits per heavy atom. The minimum atomic E-state index is -0.679. The van der Waals surface area contributed by atoms with Gasteiger partial charge in [-0.1, -0.05) is 12.1 Å². The van der Waals surface area contributed by atoms with E-state index < -0.39 is 16.7 Å². The Balaban J connectivity index is 2.05. The molecule has 2 rings (SSSR count). The number of rotatable bonds is 5. The Bertz CT molecular complexity index is 651. The summed E-state index contributed by atoms with van der Waals surface area (Å²) < 4.78 is 4.87. The molecule has 0 aliphatic heterocycles. The van der Waals surface area contributed by atoms with Crippen molar-refractivity contribution in [2.24, 2.45) is 0 Å². The van der Waals surface area contributed by atoms with E-state index in [9.17, 15) is 14.9 Å². The number of furan rings is 1. The highest BCUT2D eigenvalue weighted by Crippen LogP contribution is 2.20. The highest BCUT2D eigenvalue weighted by atomic mass is 32.2. The molecule has 1 atom stereocenters.